The van der Waals surface area contributed by atoms with Crippen molar-refractivity contribution in [2.45, 2.75) is 39.4 Å². The molecule has 0 aliphatic rings. The number of carboxylic acids is 1. The van der Waals surface area contributed by atoms with Gasteiger partial charge in [-0.05, 0) is 20.8 Å². The van der Waals surface area contributed by atoms with Crippen LogP contribution in [0.1, 0.15) is 26.5 Å². The SMILES string of the molecule is CCN(C(=O)Cn1cc(CN)nn1)C(C)(C)C(=O)O. The maximum atomic E-state index is 12.1. The van der Waals surface area contributed by atoms with Gasteiger partial charge in [0.1, 0.15) is 12.1 Å². The van der Waals surface area contributed by atoms with Gasteiger partial charge in [0, 0.05) is 13.1 Å². The van der Waals surface area contributed by atoms with Crippen LogP contribution >= 0.6 is 0 Å². The van der Waals surface area contributed by atoms with Crippen LogP contribution in [0.5, 0.6) is 0 Å². The molecule has 0 atom stereocenters. The molecule has 0 bridgehead atoms. The number of likely N-dealkylation sites (N-methyl/N-ethyl adjacent to an activating group) is 1. The molecule has 0 aromatic carbocycles. The Balaban J connectivity index is 2.82. The molecule has 1 aromatic rings. The number of hydrogen-bond donors (Lipinski definition) is 2. The minimum Gasteiger partial charge on any atom is -0.480 e. The van der Waals surface area contributed by atoms with Crippen LogP contribution in [0.2, 0.25) is 0 Å². The predicted molar refractivity (Wildman–Crippen MR) is 67.0 cm³/mol. The van der Waals surface area contributed by atoms with Crippen LogP contribution in [0.25, 0.3) is 0 Å². The number of aromatic nitrogens is 3. The monoisotopic (exact) mass is 269 g/mol. The summed E-state index contributed by atoms with van der Waals surface area (Å²) in [7, 11) is 0. The van der Waals surface area contributed by atoms with E-state index in [1.807, 2.05) is 0 Å². The van der Waals surface area contributed by atoms with Gasteiger partial charge >= 0.3 is 5.97 Å². The Morgan fingerprint density at radius 1 is 1.53 bits per heavy atom. The van der Waals surface area contributed by atoms with E-state index in [1.54, 1.807) is 13.1 Å². The second kappa shape index (κ2) is 5.79. The average Bonchev–Trinajstić information content (AvgIpc) is 2.76. The zero-order valence-corrected chi connectivity index (χ0v) is 11.3. The summed E-state index contributed by atoms with van der Waals surface area (Å²) in [6.45, 7) is 5.20. The largest absolute Gasteiger partial charge is 0.480 e. The fourth-order valence-electron chi connectivity index (χ4n) is 1.73. The summed E-state index contributed by atoms with van der Waals surface area (Å²) < 4.78 is 1.35. The Morgan fingerprint density at radius 3 is 2.58 bits per heavy atom. The molecule has 8 nitrogen and oxygen atoms in total. The molecular formula is C11H19N5O3. The topological polar surface area (TPSA) is 114 Å². The van der Waals surface area contributed by atoms with Gasteiger partial charge in [-0.25, -0.2) is 9.48 Å². The lowest BCUT2D eigenvalue weighted by Gasteiger charge is -2.34. The van der Waals surface area contributed by atoms with Crippen LogP contribution in [0.15, 0.2) is 6.20 Å². The molecule has 0 spiro atoms. The third-order valence-electron chi connectivity index (χ3n) is 2.91. The first kappa shape index (κ1) is 15.1. The third-order valence-corrected chi connectivity index (χ3v) is 2.91. The fraction of sp³-hybridized carbons (Fsp3) is 0.636. The van der Waals surface area contributed by atoms with E-state index in [2.05, 4.69) is 10.3 Å². The van der Waals surface area contributed by atoms with Crippen LogP contribution in [-0.2, 0) is 22.7 Å². The number of hydrogen-bond acceptors (Lipinski definition) is 5. The van der Waals surface area contributed by atoms with Gasteiger partial charge in [0.15, 0.2) is 0 Å². The first-order valence-electron chi connectivity index (χ1n) is 5.95. The Labute approximate surface area is 111 Å². The third kappa shape index (κ3) is 3.28. The lowest BCUT2D eigenvalue weighted by molar-refractivity contribution is -0.157. The van der Waals surface area contributed by atoms with Crippen molar-refractivity contribution in [1.82, 2.24) is 19.9 Å². The van der Waals surface area contributed by atoms with Crippen molar-refractivity contribution in [3.8, 4) is 0 Å². The zero-order chi connectivity index (χ0) is 14.6. The number of carbonyl (C=O) groups excluding carboxylic acids is 1. The molecule has 0 aliphatic heterocycles. The maximum Gasteiger partial charge on any atom is 0.329 e. The number of nitrogens with two attached hydrogens (primary N) is 1. The quantitative estimate of drug-likeness (QED) is 0.716. The van der Waals surface area contributed by atoms with E-state index < -0.39 is 11.5 Å². The molecule has 106 valence electrons. The van der Waals surface area contributed by atoms with E-state index in [4.69, 9.17) is 10.8 Å². The molecule has 1 rings (SSSR count). The average molecular weight is 269 g/mol. The van der Waals surface area contributed by atoms with Crippen LogP contribution in [0, 0.1) is 0 Å². The van der Waals surface area contributed by atoms with E-state index in [0.29, 0.717) is 12.2 Å². The van der Waals surface area contributed by atoms with Crippen molar-refractivity contribution in [3.05, 3.63) is 11.9 Å². The smallest absolute Gasteiger partial charge is 0.329 e. The molecule has 0 aliphatic carbocycles. The summed E-state index contributed by atoms with van der Waals surface area (Å²) >= 11 is 0. The van der Waals surface area contributed by atoms with Gasteiger partial charge in [-0.3, -0.25) is 4.79 Å². The summed E-state index contributed by atoms with van der Waals surface area (Å²) in [5.74, 6) is -1.38. The molecular weight excluding hydrogens is 250 g/mol. The number of carboxylic acid groups (broad SMARTS) is 1. The van der Waals surface area contributed by atoms with Crippen molar-refractivity contribution in [2.24, 2.45) is 5.73 Å². The van der Waals surface area contributed by atoms with E-state index in [-0.39, 0.29) is 19.0 Å². The summed E-state index contributed by atoms with van der Waals surface area (Å²) in [4.78, 5) is 24.6. The van der Waals surface area contributed by atoms with Gasteiger partial charge < -0.3 is 15.7 Å². The lowest BCUT2D eigenvalue weighted by atomic mass is 10.0. The number of rotatable bonds is 6. The second-order valence-electron chi connectivity index (χ2n) is 4.61. The van der Waals surface area contributed by atoms with Gasteiger partial charge in [-0.1, -0.05) is 5.21 Å². The summed E-state index contributed by atoms with van der Waals surface area (Å²) in [6.07, 6.45) is 1.57. The van der Waals surface area contributed by atoms with Crippen molar-refractivity contribution >= 4 is 11.9 Å². The lowest BCUT2D eigenvalue weighted by Crippen LogP contribution is -2.53. The molecule has 3 N–H and O–H groups in total. The van der Waals surface area contributed by atoms with Crippen LogP contribution in [0.3, 0.4) is 0 Å². The molecule has 8 heteroatoms. The Bertz CT molecular complexity index is 469. The summed E-state index contributed by atoms with van der Waals surface area (Å²) in [5, 5.41) is 16.7. The molecule has 0 unspecified atom stereocenters. The predicted octanol–water partition coefficient (Wildman–Crippen LogP) is -0.551. The van der Waals surface area contributed by atoms with Crippen LogP contribution in [0.4, 0.5) is 0 Å². The molecule has 0 fully saturated rings. The minimum absolute atomic E-state index is 0.0580. The van der Waals surface area contributed by atoms with Crippen molar-refractivity contribution in [2.75, 3.05) is 6.54 Å². The highest BCUT2D eigenvalue weighted by molar-refractivity contribution is 5.86. The molecule has 19 heavy (non-hydrogen) atoms. The number of carbonyl (C=O) groups is 2. The highest BCUT2D eigenvalue weighted by Crippen LogP contribution is 2.15. The standard InChI is InChI=1S/C11H19N5O3/c1-4-16(11(2,3)10(18)19)9(17)7-15-6-8(5-12)13-14-15/h6H,4-5,7,12H2,1-3H3,(H,18,19). The number of amides is 1. The molecule has 1 amide bonds. The molecule has 1 heterocycles. The Kier molecular flexibility index (Phi) is 4.60. The Hall–Kier alpha value is -1.96. The number of nitrogens with zero attached hydrogens (tertiary/aromatic N) is 4. The van der Waals surface area contributed by atoms with Crippen LogP contribution < -0.4 is 5.73 Å². The zero-order valence-electron chi connectivity index (χ0n) is 11.3. The molecule has 0 radical (unpaired) electrons. The van der Waals surface area contributed by atoms with Crippen molar-refractivity contribution in [1.29, 1.82) is 0 Å². The van der Waals surface area contributed by atoms with Gasteiger partial charge in [-0.15, -0.1) is 5.10 Å². The summed E-state index contributed by atoms with van der Waals surface area (Å²) in [6, 6.07) is 0. The highest BCUT2D eigenvalue weighted by Gasteiger charge is 2.36. The molecule has 0 saturated heterocycles. The number of aliphatic carboxylic acids is 1. The van der Waals surface area contributed by atoms with Crippen molar-refractivity contribution < 1.29 is 14.7 Å². The van der Waals surface area contributed by atoms with Gasteiger partial charge in [0.2, 0.25) is 5.91 Å². The van der Waals surface area contributed by atoms with E-state index in [1.165, 1.54) is 23.4 Å². The van der Waals surface area contributed by atoms with E-state index in [0.717, 1.165) is 0 Å². The van der Waals surface area contributed by atoms with Crippen molar-refractivity contribution in [3.63, 3.8) is 0 Å². The van der Waals surface area contributed by atoms with Gasteiger partial charge in [0.05, 0.1) is 11.9 Å². The van der Waals surface area contributed by atoms with Crippen LogP contribution in [-0.4, -0.2) is 49.0 Å². The highest BCUT2D eigenvalue weighted by atomic mass is 16.4. The maximum absolute atomic E-state index is 12.1. The molecule has 1 aromatic heterocycles. The normalized spacial score (nSPS) is 11.4. The van der Waals surface area contributed by atoms with Gasteiger partial charge in [-0.2, -0.15) is 0 Å². The first-order valence-corrected chi connectivity index (χ1v) is 5.95. The van der Waals surface area contributed by atoms with E-state index in [9.17, 15) is 9.59 Å². The first-order chi connectivity index (χ1) is 8.82. The van der Waals surface area contributed by atoms with Gasteiger partial charge in [0.25, 0.3) is 0 Å². The minimum atomic E-state index is -1.26. The van der Waals surface area contributed by atoms with E-state index >= 15 is 0 Å². The Morgan fingerprint density at radius 2 is 2.16 bits per heavy atom. The second-order valence-corrected chi connectivity index (χ2v) is 4.61. The summed E-state index contributed by atoms with van der Waals surface area (Å²) in [5.41, 5.74) is 4.72. The molecule has 0 saturated carbocycles. The fourth-order valence-corrected chi connectivity index (χ4v) is 1.73.